The molecule has 3 amide bonds. The fourth-order valence-electron chi connectivity index (χ4n) is 6.15. The molecule has 5 rings (SSSR count). The molecule has 0 unspecified atom stereocenters. The summed E-state index contributed by atoms with van der Waals surface area (Å²) in [5, 5.41) is 10.5. The highest BCUT2D eigenvalue weighted by atomic mass is 19.4. The van der Waals surface area contributed by atoms with Crippen LogP contribution in [0.4, 0.5) is 17.6 Å². The number of imide groups is 1. The minimum absolute atomic E-state index is 0.0552. The summed E-state index contributed by atoms with van der Waals surface area (Å²) in [7, 11) is 1.26. The number of hydrogen-bond acceptors (Lipinski definition) is 7. The van der Waals surface area contributed by atoms with Crippen molar-refractivity contribution in [2.45, 2.75) is 37.6 Å². The summed E-state index contributed by atoms with van der Waals surface area (Å²) in [6.45, 7) is 2.23. The standard InChI is InChI=1S/C32H32FN3O5.C2HF3O2/c1-3-35(28(37)23-14-16-24(33)17-15-23)20-25-26-27(30(39)36(29(26)38)19-22-12-8-5-9-13-22)32(34-25,31(40)41-2)18-21-10-6-4-7-11-21;3-2(4,5)1(6)7/h4-17,25-27,34H,3,18-20H2,1-2H3;(H,6,7)/t25-,26+,27-,32-;/m1./s1. The van der Waals surface area contributed by atoms with Crippen LogP contribution in [0.25, 0.3) is 0 Å². The molecule has 254 valence electrons. The topological polar surface area (TPSA) is 133 Å². The molecule has 2 N–H and O–H groups in total. The molecule has 3 aromatic rings. The Morgan fingerprint density at radius 3 is 1.96 bits per heavy atom. The number of nitrogens with zero attached hydrogens (tertiary/aromatic N) is 2. The third kappa shape index (κ3) is 7.54. The van der Waals surface area contributed by atoms with E-state index < -0.39 is 59.2 Å². The molecule has 10 nitrogen and oxygen atoms in total. The highest BCUT2D eigenvalue weighted by molar-refractivity contribution is 6.09. The number of benzene rings is 3. The lowest BCUT2D eigenvalue weighted by Gasteiger charge is -2.33. The molecule has 2 saturated heterocycles. The Morgan fingerprint density at radius 2 is 1.46 bits per heavy atom. The van der Waals surface area contributed by atoms with Crippen LogP contribution < -0.4 is 5.32 Å². The lowest BCUT2D eigenvalue weighted by molar-refractivity contribution is -0.192. The molecular weight excluding hydrogens is 638 g/mol. The lowest BCUT2D eigenvalue weighted by Crippen LogP contribution is -2.59. The summed E-state index contributed by atoms with van der Waals surface area (Å²) in [6, 6.07) is 23.0. The van der Waals surface area contributed by atoms with Crippen molar-refractivity contribution in [1.82, 2.24) is 15.1 Å². The number of rotatable bonds is 9. The average Bonchev–Trinajstić information content (AvgIpc) is 3.52. The van der Waals surface area contributed by atoms with Gasteiger partial charge in [0.05, 0.1) is 25.5 Å². The van der Waals surface area contributed by atoms with E-state index in [0.717, 1.165) is 11.1 Å². The minimum atomic E-state index is -5.08. The van der Waals surface area contributed by atoms with Gasteiger partial charge in [0.15, 0.2) is 0 Å². The molecule has 3 aromatic carbocycles. The number of carboxylic acid groups (broad SMARTS) is 1. The van der Waals surface area contributed by atoms with Crippen molar-refractivity contribution in [3.8, 4) is 0 Å². The first kappa shape index (κ1) is 35.7. The first-order valence-corrected chi connectivity index (χ1v) is 14.9. The van der Waals surface area contributed by atoms with E-state index in [4.69, 9.17) is 14.6 Å². The van der Waals surface area contributed by atoms with Gasteiger partial charge in [0.1, 0.15) is 11.4 Å². The van der Waals surface area contributed by atoms with Gasteiger partial charge < -0.3 is 14.7 Å². The van der Waals surface area contributed by atoms with Gasteiger partial charge in [-0.1, -0.05) is 60.7 Å². The maximum atomic E-state index is 14.1. The van der Waals surface area contributed by atoms with E-state index in [0.29, 0.717) is 12.1 Å². The summed E-state index contributed by atoms with van der Waals surface area (Å²) in [5.41, 5.74) is 0.348. The highest BCUT2D eigenvalue weighted by Gasteiger charge is 2.68. The summed E-state index contributed by atoms with van der Waals surface area (Å²) in [4.78, 5) is 66.7. The number of nitrogens with one attached hydrogen (secondary N) is 1. The molecular formula is C34H33F4N3O7. The van der Waals surface area contributed by atoms with Gasteiger partial charge >= 0.3 is 18.1 Å². The largest absolute Gasteiger partial charge is 0.490 e. The summed E-state index contributed by atoms with van der Waals surface area (Å²) in [5.74, 6) is -6.98. The highest BCUT2D eigenvalue weighted by Crippen LogP contribution is 2.46. The number of hydrogen-bond donors (Lipinski definition) is 2. The molecule has 14 heteroatoms. The molecule has 2 fully saturated rings. The maximum absolute atomic E-state index is 14.1. The predicted octanol–water partition coefficient (Wildman–Crippen LogP) is 3.85. The third-order valence-electron chi connectivity index (χ3n) is 8.33. The van der Waals surface area contributed by atoms with E-state index in [9.17, 15) is 36.7 Å². The predicted molar refractivity (Wildman–Crippen MR) is 162 cm³/mol. The molecule has 0 saturated carbocycles. The van der Waals surface area contributed by atoms with E-state index in [-0.39, 0.29) is 25.4 Å². The van der Waals surface area contributed by atoms with Crippen LogP contribution in [-0.2, 0) is 36.9 Å². The van der Waals surface area contributed by atoms with E-state index in [1.807, 2.05) is 60.7 Å². The minimum Gasteiger partial charge on any atom is -0.475 e. The van der Waals surface area contributed by atoms with Crippen molar-refractivity contribution >= 4 is 29.7 Å². The van der Waals surface area contributed by atoms with Crippen molar-refractivity contribution in [3.05, 3.63) is 107 Å². The fourth-order valence-corrected chi connectivity index (χ4v) is 6.15. The Labute approximate surface area is 273 Å². The zero-order valence-electron chi connectivity index (χ0n) is 25.9. The first-order chi connectivity index (χ1) is 22.7. The number of esters is 1. The van der Waals surface area contributed by atoms with Crippen LogP contribution in [-0.4, -0.2) is 82.5 Å². The number of amides is 3. The van der Waals surface area contributed by atoms with Crippen LogP contribution in [0.5, 0.6) is 0 Å². The number of fused-ring (bicyclic) bond motifs is 1. The number of likely N-dealkylation sites (tertiary alicyclic amines) is 1. The Kier molecular flexibility index (Phi) is 11.0. The van der Waals surface area contributed by atoms with Crippen LogP contribution in [0, 0.1) is 17.7 Å². The smallest absolute Gasteiger partial charge is 0.475 e. The zero-order valence-corrected chi connectivity index (χ0v) is 25.9. The molecule has 4 atom stereocenters. The van der Waals surface area contributed by atoms with Crippen LogP contribution in [0.3, 0.4) is 0 Å². The molecule has 0 radical (unpaired) electrons. The van der Waals surface area contributed by atoms with Gasteiger partial charge in [0, 0.05) is 31.1 Å². The normalized spacial score (nSPS) is 21.6. The van der Waals surface area contributed by atoms with Crippen molar-refractivity contribution in [2.24, 2.45) is 11.8 Å². The number of carbonyl (C=O) groups excluding carboxylic acids is 4. The SMILES string of the molecule is CCN(C[C@H]1N[C@@](Cc2ccccc2)(C(=O)OC)[C@H]2C(=O)N(Cc3ccccc3)C(=O)[C@@H]12)C(=O)c1ccc(F)cc1.O=C(O)C(F)(F)F. The Bertz CT molecular complexity index is 1640. The second-order valence-corrected chi connectivity index (χ2v) is 11.3. The number of carboxylic acids is 1. The van der Waals surface area contributed by atoms with Gasteiger partial charge in [-0.15, -0.1) is 0 Å². The van der Waals surface area contributed by atoms with Gasteiger partial charge in [-0.2, -0.15) is 13.2 Å². The number of alkyl halides is 3. The van der Waals surface area contributed by atoms with Crippen molar-refractivity contribution in [1.29, 1.82) is 0 Å². The number of methoxy groups -OCH3 is 1. The Morgan fingerprint density at radius 1 is 0.917 bits per heavy atom. The molecule has 2 aliphatic rings. The van der Waals surface area contributed by atoms with Crippen LogP contribution in [0.15, 0.2) is 84.9 Å². The van der Waals surface area contributed by atoms with Crippen molar-refractivity contribution in [3.63, 3.8) is 0 Å². The molecule has 48 heavy (non-hydrogen) atoms. The van der Waals surface area contributed by atoms with E-state index in [2.05, 4.69) is 5.32 Å². The molecule has 0 spiro atoms. The quantitative estimate of drug-likeness (QED) is 0.199. The van der Waals surface area contributed by atoms with Gasteiger partial charge in [-0.3, -0.25) is 29.4 Å². The van der Waals surface area contributed by atoms with Crippen LogP contribution >= 0.6 is 0 Å². The summed E-state index contributed by atoms with van der Waals surface area (Å²) < 4.78 is 50.5. The van der Waals surface area contributed by atoms with Gasteiger partial charge in [-0.25, -0.2) is 9.18 Å². The first-order valence-electron chi connectivity index (χ1n) is 14.9. The Balaban J connectivity index is 0.000000671. The van der Waals surface area contributed by atoms with E-state index >= 15 is 0 Å². The lowest BCUT2D eigenvalue weighted by atomic mass is 9.76. The number of carbonyl (C=O) groups is 5. The van der Waals surface area contributed by atoms with Crippen molar-refractivity contribution in [2.75, 3.05) is 20.2 Å². The van der Waals surface area contributed by atoms with E-state index in [1.54, 1.807) is 6.92 Å². The van der Waals surface area contributed by atoms with Gasteiger partial charge in [0.2, 0.25) is 11.8 Å². The molecule has 0 bridgehead atoms. The number of ether oxygens (including phenoxy) is 1. The van der Waals surface area contributed by atoms with Crippen LogP contribution in [0.1, 0.15) is 28.4 Å². The second kappa shape index (κ2) is 14.8. The average molecular weight is 672 g/mol. The number of likely N-dealkylation sites (N-methyl/N-ethyl adjacent to an activating group) is 1. The summed E-state index contributed by atoms with van der Waals surface area (Å²) in [6.07, 6.45) is -4.96. The van der Waals surface area contributed by atoms with Gasteiger partial charge in [-0.05, 0) is 42.3 Å². The number of aliphatic carboxylic acids is 1. The van der Waals surface area contributed by atoms with Gasteiger partial charge in [0.25, 0.3) is 5.91 Å². The fraction of sp³-hybridized carbons (Fsp3) is 0.324. The molecule has 2 aliphatic heterocycles. The zero-order chi connectivity index (χ0) is 35.2. The van der Waals surface area contributed by atoms with Crippen molar-refractivity contribution < 1.29 is 51.4 Å². The molecule has 0 aliphatic carbocycles. The van der Waals surface area contributed by atoms with Crippen LogP contribution in [0.2, 0.25) is 0 Å². The second-order valence-electron chi connectivity index (χ2n) is 11.3. The molecule has 2 heterocycles. The third-order valence-corrected chi connectivity index (χ3v) is 8.33. The van der Waals surface area contributed by atoms with E-state index in [1.165, 1.54) is 41.2 Å². The molecule has 0 aromatic heterocycles. The number of halogens is 4. The summed E-state index contributed by atoms with van der Waals surface area (Å²) >= 11 is 0. The Hall–Kier alpha value is -5.11. The monoisotopic (exact) mass is 671 g/mol. The maximum Gasteiger partial charge on any atom is 0.490 e.